The Morgan fingerprint density at radius 2 is 1.43 bits per heavy atom. The van der Waals surface area contributed by atoms with Crippen molar-refractivity contribution in [2.45, 2.75) is 26.7 Å². The van der Waals surface area contributed by atoms with Gasteiger partial charge in [-0.2, -0.15) is 0 Å². The van der Waals surface area contributed by atoms with Crippen molar-refractivity contribution in [3.05, 3.63) is 9.81 Å². The summed E-state index contributed by atoms with van der Waals surface area (Å²) < 4.78 is 0.933. The number of hydrogen-bond donors (Lipinski definition) is 0. The fraction of sp³-hybridized carbons (Fsp3) is 0.600. The maximum atomic E-state index is 11.3. The molecule has 0 aromatic heterocycles. The van der Waals surface area contributed by atoms with Crippen molar-refractivity contribution < 1.29 is 9.59 Å². The maximum absolute atomic E-state index is 11.3. The molecule has 0 saturated carbocycles. The van der Waals surface area contributed by atoms with Crippen LogP contribution in [0.2, 0.25) is 0 Å². The van der Waals surface area contributed by atoms with Gasteiger partial charge in [0.2, 0.25) is 0 Å². The standard InChI is InChI=1S/C10H14O2S2/c1-7(11)9(8(2)12)10-13-5-3-4-6-14-10/h3-6H2,1-2H3. The van der Waals surface area contributed by atoms with E-state index in [9.17, 15) is 9.59 Å². The number of ketones is 2. The van der Waals surface area contributed by atoms with E-state index in [1.54, 1.807) is 23.5 Å². The first-order chi connectivity index (χ1) is 6.63. The smallest absolute Gasteiger partial charge is 0.165 e. The summed E-state index contributed by atoms with van der Waals surface area (Å²) in [6, 6.07) is 0. The summed E-state index contributed by atoms with van der Waals surface area (Å²) >= 11 is 3.30. The topological polar surface area (TPSA) is 34.1 Å². The second-order valence-corrected chi connectivity index (χ2v) is 5.65. The fourth-order valence-electron chi connectivity index (χ4n) is 1.26. The molecule has 0 spiro atoms. The highest BCUT2D eigenvalue weighted by Crippen LogP contribution is 2.36. The highest BCUT2D eigenvalue weighted by molar-refractivity contribution is 8.22. The van der Waals surface area contributed by atoms with Gasteiger partial charge < -0.3 is 0 Å². The highest BCUT2D eigenvalue weighted by Gasteiger charge is 2.18. The van der Waals surface area contributed by atoms with Crippen molar-refractivity contribution in [2.75, 3.05) is 11.5 Å². The van der Waals surface area contributed by atoms with Crippen molar-refractivity contribution in [3.63, 3.8) is 0 Å². The first-order valence-corrected chi connectivity index (χ1v) is 6.62. The molecule has 1 aliphatic rings. The van der Waals surface area contributed by atoms with Crippen molar-refractivity contribution >= 4 is 35.1 Å². The number of hydrogen-bond acceptors (Lipinski definition) is 4. The lowest BCUT2D eigenvalue weighted by molar-refractivity contribution is -0.119. The quantitative estimate of drug-likeness (QED) is 0.415. The number of rotatable bonds is 2. The van der Waals surface area contributed by atoms with E-state index >= 15 is 0 Å². The summed E-state index contributed by atoms with van der Waals surface area (Å²) in [5.74, 6) is 1.84. The Morgan fingerprint density at radius 3 is 1.79 bits per heavy atom. The predicted molar refractivity (Wildman–Crippen MR) is 62.5 cm³/mol. The van der Waals surface area contributed by atoms with E-state index in [0.717, 1.165) is 15.7 Å². The Bertz CT molecular complexity index is 256. The molecule has 1 rings (SSSR count). The Morgan fingerprint density at radius 1 is 1.00 bits per heavy atom. The molecule has 1 fully saturated rings. The van der Waals surface area contributed by atoms with Crippen LogP contribution in [0.15, 0.2) is 9.81 Å². The SMILES string of the molecule is CC(=O)C(C(C)=O)=C1SCCCCS1. The van der Waals surface area contributed by atoms with Gasteiger partial charge in [0.05, 0.1) is 9.81 Å². The van der Waals surface area contributed by atoms with Crippen LogP contribution in [-0.4, -0.2) is 23.1 Å². The van der Waals surface area contributed by atoms with Crippen LogP contribution in [0.4, 0.5) is 0 Å². The second-order valence-electron chi connectivity index (χ2n) is 3.18. The van der Waals surface area contributed by atoms with Gasteiger partial charge in [0.15, 0.2) is 11.6 Å². The molecule has 1 saturated heterocycles. The molecule has 4 heteroatoms. The lowest BCUT2D eigenvalue weighted by Crippen LogP contribution is -2.08. The third-order valence-electron chi connectivity index (χ3n) is 1.91. The lowest BCUT2D eigenvalue weighted by Gasteiger charge is -2.06. The Labute approximate surface area is 92.9 Å². The predicted octanol–water partition coefficient (Wildman–Crippen LogP) is 2.64. The molecule has 0 aliphatic carbocycles. The Balaban J connectivity index is 2.94. The average Bonchev–Trinajstić information content (AvgIpc) is 2.31. The molecule has 0 aromatic carbocycles. The number of Topliss-reactive ketones (excluding diaryl/α,β-unsaturated/α-hetero) is 2. The summed E-state index contributed by atoms with van der Waals surface area (Å²) in [4.78, 5) is 22.6. The Hall–Kier alpha value is -0.220. The highest BCUT2D eigenvalue weighted by atomic mass is 32.2. The van der Waals surface area contributed by atoms with Gasteiger partial charge in [-0.05, 0) is 38.2 Å². The van der Waals surface area contributed by atoms with E-state index < -0.39 is 0 Å². The van der Waals surface area contributed by atoms with E-state index in [4.69, 9.17) is 0 Å². The van der Waals surface area contributed by atoms with E-state index in [1.165, 1.54) is 26.7 Å². The zero-order valence-corrected chi connectivity index (χ0v) is 10.1. The zero-order chi connectivity index (χ0) is 10.6. The minimum absolute atomic E-state index is 0.102. The molecule has 78 valence electrons. The maximum Gasteiger partial charge on any atom is 0.165 e. The van der Waals surface area contributed by atoms with Crippen LogP contribution < -0.4 is 0 Å². The van der Waals surface area contributed by atoms with Crippen molar-refractivity contribution in [1.29, 1.82) is 0 Å². The van der Waals surface area contributed by atoms with Crippen LogP contribution in [0.1, 0.15) is 26.7 Å². The molecule has 0 aromatic rings. The largest absolute Gasteiger partial charge is 0.294 e. The molecule has 0 amide bonds. The number of carbonyl (C=O) groups excluding carboxylic acids is 2. The lowest BCUT2D eigenvalue weighted by atomic mass is 10.1. The third kappa shape index (κ3) is 3.17. The minimum Gasteiger partial charge on any atom is -0.294 e. The summed E-state index contributed by atoms with van der Waals surface area (Å²) in [5.41, 5.74) is 0.405. The van der Waals surface area contributed by atoms with Crippen LogP contribution in [0.25, 0.3) is 0 Å². The molecule has 2 nitrogen and oxygen atoms in total. The van der Waals surface area contributed by atoms with Gasteiger partial charge in [0, 0.05) is 0 Å². The molecule has 0 N–H and O–H groups in total. The summed E-state index contributed by atoms with van der Waals surface area (Å²) in [6.07, 6.45) is 2.34. The van der Waals surface area contributed by atoms with Gasteiger partial charge in [-0.15, -0.1) is 23.5 Å². The van der Waals surface area contributed by atoms with Crippen molar-refractivity contribution in [3.8, 4) is 0 Å². The van der Waals surface area contributed by atoms with Gasteiger partial charge in [0.25, 0.3) is 0 Å². The van der Waals surface area contributed by atoms with Crippen LogP contribution >= 0.6 is 23.5 Å². The zero-order valence-electron chi connectivity index (χ0n) is 8.46. The van der Waals surface area contributed by atoms with Crippen LogP contribution in [0.5, 0.6) is 0 Å². The van der Waals surface area contributed by atoms with Gasteiger partial charge in [0.1, 0.15) is 0 Å². The van der Waals surface area contributed by atoms with Crippen molar-refractivity contribution in [1.82, 2.24) is 0 Å². The molecular weight excluding hydrogens is 216 g/mol. The average molecular weight is 230 g/mol. The molecule has 0 unspecified atom stereocenters. The van der Waals surface area contributed by atoms with Crippen LogP contribution in [0, 0.1) is 0 Å². The molecule has 14 heavy (non-hydrogen) atoms. The van der Waals surface area contributed by atoms with Gasteiger partial charge in [-0.1, -0.05) is 0 Å². The first-order valence-electron chi connectivity index (χ1n) is 4.64. The third-order valence-corrected chi connectivity index (χ3v) is 4.54. The van der Waals surface area contributed by atoms with Gasteiger partial charge in [-0.3, -0.25) is 9.59 Å². The van der Waals surface area contributed by atoms with Crippen molar-refractivity contribution in [2.24, 2.45) is 0 Å². The van der Waals surface area contributed by atoms with E-state index in [2.05, 4.69) is 0 Å². The van der Waals surface area contributed by atoms with E-state index in [1.807, 2.05) is 0 Å². The summed E-state index contributed by atoms with van der Waals surface area (Å²) in [6.45, 7) is 2.94. The molecule has 0 bridgehead atoms. The summed E-state index contributed by atoms with van der Waals surface area (Å²) in [5, 5.41) is 0. The fourth-order valence-corrected chi connectivity index (χ4v) is 4.02. The normalized spacial score (nSPS) is 17.4. The van der Waals surface area contributed by atoms with Crippen LogP contribution in [-0.2, 0) is 9.59 Å². The van der Waals surface area contributed by atoms with Crippen LogP contribution in [0.3, 0.4) is 0 Å². The molecule has 1 aliphatic heterocycles. The number of allylic oxidation sites excluding steroid dienone is 1. The molecule has 0 radical (unpaired) electrons. The van der Waals surface area contributed by atoms with E-state index in [0.29, 0.717) is 5.57 Å². The second kappa shape index (κ2) is 5.61. The molecule has 1 heterocycles. The minimum atomic E-state index is -0.102. The first kappa shape index (κ1) is 11.9. The number of carbonyl (C=O) groups is 2. The molecular formula is C10H14O2S2. The monoisotopic (exact) mass is 230 g/mol. The molecule has 0 atom stereocenters. The van der Waals surface area contributed by atoms with Gasteiger partial charge >= 0.3 is 0 Å². The Kier molecular flexibility index (Phi) is 4.75. The number of thioether (sulfide) groups is 2. The van der Waals surface area contributed by atoms with E-state index in [-0.39, 0.29) is 11.6 Å². The van der Waals surface area contributed by atoms with Gasteiger partial charge in [-0.25, -0.2) is 0 Å². The summed E-state index contributed by atoms with van der Waals surface area (Å²) in [7, 11) is 0.